The van der Waals surface area contributed by atoms with Gasteiger partial charge in [0.2, 0.25) is 0 Å². The number of hydrogen-bond acceptors (Lipinski definition) is 5. The first kappa shape index (κ1) is 28.9. The van der Waals surface area contributed by atoms with Crippen molar-refractivity contribution in [3.05, 3.63) is 29.8 Å². The van der Waals surface area contributed by atoms with E-state index in [2.05, 4.69) is 5.32 Å². The fourth-order valence-corrected chi connectivity index (χ4v) is 4.53. The van der Waals surface area contributed by atoms with Crippen LogP contribution in [0.3, 0.4) is 0 Å². The monoisotopic (exact) mass is 492 g/mol. The number of amides is 2. The third kappa shape index (κ3) is 11.8. The number of methoxy groups -OCH3 is 1. The number of carboxylic acid groups (broad SMARTS) is 1. The van der Waals surface area contributed by atoms with E-state index in [1.807, 2.05) is 29.2 Å². The van der Waals surface area contributed by atoms with Gasteiger partial charge in [-0.05, 0) is 37.0 Å². The van der Waals surface area contributed by atoms with E-state index in [4.69, 9.17) is 14.2 Å². The van der Waals surface area contributed by atoms with Crippen LogP contribution in [-0.4, -0.2) is 74.7 Å². The van der Waals surface area contributed by atoms with Gasteiger partial charge in [0.15, 0.2) is 6.10 Å². The first-order chi connectivity index (χ1) is 17.0. The fourth-order valence-electron chi connectivity index (χ4n) is 4.53. The zero-order chi connectivity index (χ0) is 25.3. The second kappa shape index (κ2) is 17.2. The minimum Gasteiger partial charge on any atom is -0.492 e. The van der Waals surface area contributed by atoms with Crippen molar-refractivity contribution in [3.8, 4) is 5.75 Å². The summed E-state index contributed by atoms with van der Waals surface area (Å²) in [5, 5.41) is 12.2. The molecule has 1 aliphatic carbocycles. The molecule has 198 valence electrons. The highest BCUT2D eigenvalue weighted by atomic mass is 16.5. The number of aliphatic carboxylic acids is 1. The second-order valence-corrected chi connectivity index (χ2v) is 9.19. The Hall–Kier alpha value is -2.32. The van der Waals surface area contributed by atoms with Crippen molar-refractivity contribution >= 4 is 12.0 Å². The van der Waals surface area contributed by atoms with E-state index in [1.54, 1.807) is 14.0 Å². The van der Waals surface area contributed by atoms with E-state index in [9.17, 15) is 14.7 Å². The third-order valence-electron chi connectivity index (χ3n) is 6.50. The van der Waals surface area contributed by atoms with Crippen molar-refractivity contribution in [3.63, 3.8) is 0 Å². The Morgan fingerprint density at radius 1 is 1.09 bits per heavy atom. The van der Waals surface area contributed by atoms with E-state index in [0.29, 0.717) is 51.6 Å². The lowest BCUT2D eigenvalue weighted by atomic mass is 9.86. The molecule has 1 unspecified atom stereocenters. The highest BCUT2D eigenvalue weighted by molar-refractivity contribution is 5.74. The number of carbonyl (C=O) groups excluding carboxylic acids is 1. The number of carboxylic acids is 1. The molecule has 0 aromatic heterocycles. The summed E-state index contributed by atoms with van der Waals surface area (Å²) in [5.74, 6) is 0.585. The Kier molecular flexibility index (Phi) is 14.2. The quantitative estimate of drug-likeness (QED) is 0.311. The second-order valence-electron chi connectivity index (χ2n) is 9.19. The first-order valence-electron chi connectivity index (χ1n) is 13.1. The zero-order valence-electron chi connectivity index (χ0n) is 21.5. The Morgan fingerprint density at radius 3 is 2.49 bits per heavy atom. The van der Waals surface area contributed by atoms with Crippen LogP contribution < -0.4 is 10.1 Å². The van der Waals surface area contributed by atoms with E-state index in [1.165, 1.54) is 38.5 Å². The molecule has 2 N–H and O–H groups in total. The molecular weight excluding hydrogens is 448 g/mol. The number of carbonyl (C=O) groups is 2. The Balaban J connectivity index is 1.79. The van der Waals surface area contributed by atoms with Crippen molar-refractivity contribution in [2.24, 2.45) is 5.92 Å². The number of nitrogens with one attached hydrogen (secondary N) is 1. The topological polar surface area (TPSA) is 97.3 Å². The Bertz CT molecular complexity index is 721. The zero-order valence-corrected chi connectivity index (χ0v) is 21.5. The van der Waals surface area contributed by atoms with Gasteiger partial charge in [-0.3, -0.25) is 0 Å². The van der Waals surface area contributed by atoms with E-state index in [-0.39, 0.29) is 6.03 Å². The molecular formula is C27H44N2O6. The number of unbranched alkanes of at least 4 members (excludes halogenated alkanes) is 1. The van der Waals surface area contributed by atoms with Crippen LogP contribution >= 0.6 is 0 Å². The summed E-state index contributed by atoms with van der Waals surface area (Å²) in [6, 6.07) is 7.27. The lowest BCUT2D eigenvalue weighted by molar-refractivity contribution is -0.149. The van der Waals surface area contributed by atoms with Crippen LogP contribution in [0.4, 0.5) is 4.79 Å². The molecule has 1 atom stereocenters. The predicted octanol–water partition coefficient (Wildman–Crippen LogP) is 4.51. The van der Waals surface area contributed by atoms with Crippen LogP contribution in [0.2, 0.25) is 0 Å². The van der Waals surface area contributed by atoms with Gasteiger partial charge in [-0.25, -0.2) is 9.59 Å². The summed E-state index contributed by atoms with van der Waals surface area (Å²) >= 11 is 0. The summed E-state index contributed by atoms with van der Waals surface area (Å²) in [6.45, 7) is 4.69. The molecule has 1 aromatic carbocycles. The maximum Gasteiger partial charge on any atom is 0.333 e. The third-order valence-corrected chi connectivity index (χ3v) is 6.50. The van der Waals surface area contributed by atoms with Crippen LogP contribution in [0, 0.1) is 5.92 Å². The van der Waals surface area contributed by atoms with Crippen LogP contribution in [0.25, 0.3) is 0 Å². The number of urea groups is 1. The van der Waals surface area contributed by atoms with E-state index in [0.717, 1.165) is 24.3 Å². The fraction of sp³-hybridized carbons (Fsp3) is 0.704. The molecule has 0 bridgehead atoms. The summed E-state index contributed by atoms with van der Waals surface area (Å²) in [4.78, 5) is 25.8. The summed E-state index contributed by atoms with van der Waals surface area (Å²) in [7, 11) is 1.62. The average Bonchev–Trinajstić information content (AvgIpc) is 2.86. The molecule has 0 spiro atoms. The minimum atomic E-state index is -0.963. The lowest BCUT2D eigenvalue weighted by Crippen LogP contribution is -2.43. The van der Waals surface area contributed by atoms with E-state index >= 15 is 0 Å². The maximum atomic E-state index is 12.7. The van der Waals surface area contributed by atoms with Gasteiger partial charge in [-0.2, -0.15) is 0 Å². The average molecular weight is 493 g/mol. The number of hydrogen-bond donors (Lipinski definition) is 2. The van der Waals surface area contributed by atoms with Crippen LogP contribution in [0.5, 0.6) is 5.75 Å². The standard InChI is InChI=1S/C27H44N2O6/c1-3-34-25(26(30)31)21-23-12-14-24(15-13-23)35-20-18-29(27(32)28-16-19-33-2)17-8-7-11-22-9-5-4-6-10-22/h12-15,22,25H,3-11,16-21H2,1-2H3,(H,28,32)(H,30,31). The molecule has 1 fully saturated rings. The highest BCUT2D eigenvalue weighted by Gasteiger charge is 2.18. The Morgan fingerprint density at radius 2 is 1.83 bits per heavy atom. The molecule has 0 heterocycles. The van der Waals surface area contributed by atoms with Crippen molar-refractivity contribution in [1.29, 1.82) is 0 Å². The normalized spacial score (nSPS) is 14.9. The molecule has 2 rings (SSSR count). The van der Waals surface area contributed by atoms with Gasteiger partial charge in [-0.1, -0.05) is 57.1 Å². The highest BCUT2D eigenvalue weighted by Crippen LogP contribution is 2.27. The van der Waals surface area contributed by atoms with E-state index < -0.39 is 12.1 Å². The van der Waals surface area contributed by atoms with Gasteiger partial charge < -0.3 is 29.5 Å². The predicted molar refractivity (Wildman–Crippen MR) is 136 cm³/mol. The molecule has 8 nitrogen and oxygen atoms in total. The molecule has 0 saturated heterocycles. The van der Waals surface area contributed by atoms with Crippen LogP contribution in [0.1, 0.15) is 63.9 Å². The van der Waals surface area contributed by atoms with Crippen molar-refractivity contribution in [1.82, 2.24) is 10.2 Å². The van der Waals surface area contributed by atoms with Gasteiger partial charge in [0, 0.05) is 33.2 Å². The molecule has 8 heteroatoms. The van der Waals surface area contributed by atoms with Gasteiger partial charge in [0.25, 0.3) is 0 Å². The number of benzene rings is 1. The number of ether oxygens (including phenoxy) is 3. The number of nitrogens with zero attached hydrogens (tertiary/aromatic N) is 1. The molecule has 0 aliphatic heterocycles. The van der Waals surface area contributed by atoms with Gasteiger partial charge in [0.05, 0.1) is 13.2 Å². The molecule has 35 heavy (non-hydrogen) atoms. The molecule has 2 amide bonds. The molecule has 1 aromatic rings. The van der Waals surface area contributed by atoms with Gasteiger partial charge in [0.1, 0.15) is 12.4 Å². The smallest absolute Gasteiger partial charge is 0.333 e. The Labute approximate surface area is 210 Å². The summed E-state index contributed by atoms with van der Waals surface area (Å²) < 4.78 is 16.2. The molecule has 1 saturated carbocycles. The largest absolute Gasteiger partial charge is 0.492 e. The van der Waals surface area contributed by atoms with Crippen molar-refractivity contribution < 1.29 is 28.9 Å². The summed E-state index contributed by atoms with van der Waals surface area (Å²) in [6.07, 6.45) is 9.68. The maximum absolute atomic E-state index is 12.7. The minimum absolute atomic E-state index is 0.0886. The summed E-state index contributed by atoms with van der Waals surface area (Å²) in [5.41, 5.74) is 0.871. The number of rotatable bonds is 17. The van der Waals surface area contributed by atoms with Crippen molar-refractivity contribution in [2.75, 3.05) is 46.6 Å². The SMILES string of the molecule is CCOC(Cc1ccc(OCCN(CCCCC2CCCCC2)C(=O)NCCOC)cc1)C(=O)O. The van der Waals surface area contributed by atoms with Crippen LogP contribution in [-0.2, 0) is 20.7 Å². The molecule has 1 aliphatic rings. The van der Waals surface area contributed by atoms with Gasteiger partial charge >= 0.3 is 12.0 Å². The van der Waals surface area contributed by atoms with Gasteiger partial charge in [-0.15, -0.1) is 0 Å². The van der Waals surface area contributed by atoms with Crippen molar-refractivity contribution in [2.45, 2.75) is 70.8 Å². The lowest BCUT2D eigenvalue weighted by Gasteiger charge is -2.25. The first-order valence-corrected chi connectivity index (χ1v) is 13.1. The molecule has 0 radical (unpaired) electrons. The van der Waals surface area contributed by atoms with Crippen LogP contribution in [0.15, 0.2) is 24.3 Å².